The zero-order valence-corrected chi connectivity index (χ0v) is 20.7. The molecule has 7 nitrogen and oxygen atoms in total. The number of aromatic nitrogens is 1. The van der Waals surface area contributed by atoms with Gasteiger partial charge in [-0.1, -0.05) is 23.7 Å². The van der Waals surface area contributed by atoms with Gasteiger partial charge in [0.05, 0.1) is 6.54 Å². The van der Waals surface area contributed by atoms with Gasteiger partial charge >= 0.3 is 6.61 Å². The van der Waals surface area contributed by atoms with E-state index < -0.39 is 48.9 Å². The molecule has 0 unspecified atom stereocenters. The second kappa shape index (κ2) is 11.3. The molecule has 2 aromatic carbocycles. The molecule has 200 valence electrons. The fraction of sp³-hybridized carbons (Fsp3) is 0.269. The van der Waals surface area contributed by atoms with Gasteiger partial charge in [0.15, 0.2) is 0 Å². The first-order valence-electron chi connectivity index (χ1n) is 11.5. The molecule has 1 aliphatic rings. The van der Waals surface area contributed by atoms with Gasteiger partial charge in [-0.3, -0.25) is 14.4 Å². The Balaban J connectivity index is 1.68. The van der Waals surface area contributed by atoms with E-state index in [0.717, 1.165) is 4.57 Å². The molecule has 0 bridgehead atoms. The summed E-state index contributed by atoms with van der Waals surface area (Å²) in [5, 5.41) is 3.13. The third kappa shape index (κ3) is 5.83. The van der Waals surface area contributed by atoms with E-state index in [-0.39, 0.29) is 23.5 Å². The Morgan fingerprint density at radius 2 is 1.71 bits per heavy atom. The lowest BCUT2D eigenvalue weighted by atomic mass is 9.94. The Labute approximate surface area is 219 Å². The van der Waals surface area contributed by atoms with Crippen LogP contribution in [0.1, 0.15) is 27.4 Å². The summed E-state index contributed by atoms with van der Waals surface area (Å²) < 4.78 is 56.0. The van der Waals surface area contributed by atoms with E-state index in [2.05, 4.69) is 10.1 Å². The van der Waals surface area contributed by atoms with E-state index in [1.54, 1.807) is 31.2 Å². The summed E-state index contributed by atoms with van der Waals surface area (Å²) in [7, 11) is 0. The number of carbonyl (C=O) groups is 2. The minimum absolute atomic E-state index is 0.0125. The van der Waals surface area contributed by atoms with E-state index in [0.29, 0.717) is 16.1 Å². The van der Waals surface area contributed by atoms with Crippen LogP contribution in [0.15, 0.2) is 65.6 Å². The van der Waals surface area contributed by atoms with Gasteiger partial charge in [0.2, 0.25) is 5.91 Å². The summed E-state index contributed by atoms with van der Waals surface area (Å²) in [5.74, 6) is -2.02. The van der Waals surface area contributed by atoms with Crippen molar-refractivity contribution in [2.24, 2.45) is 0 Å². The van der Waals surface area contributed by atoms with Gasteiger partial charge in [0.25, 0.3) is 17.9 Å². The number of anilines is 1. The number of nitrogens with zero attached hydrogens (tertiary/aromatic N) is 2. The van der Waals surface area contributed by atoms with Crippen LogP contribution in [0.25, 0.3) is 0 Å². The number of pyridine rings is 1. The van der Waals surface area contributed by atoms with Crippen LogP contribution in [-0.2, 0) is 11.3 Å². The largest absolute Gasteiger partial charge is 0.435 e. The van der Waals surface area contributed by atoms with E-state index in [4.69, 9.17) is 11.6 Å². The average Bonchev–Trinajstić information content (AvgIpc) is 3.17. The van der Waals surface area contributed by atoms with Gasteiger partial charge in [-0.2, -0.15) is 8.78 Å². The normalized spacial score (nSPS) is 17.4. The fourth-order valence-corrected chi connectivity index (χ4v) is 4.52. The zero-order valence-electron chi connectivity index (χ0n) is 19.9. The van der Waals surface area contributed by atoms with E-state index in [1.807, 2.05) is 0 Å². The van der Waals surface area contributed by atoms with Gasteiger partial charge in [0.1, 0.15) is 17.5 Å². The number of benzene rings is 2. The van der Waals surface area contributed by atoms with Crippen LogP contribution in [0.4, 0.5) is 23.2 Å². The lowest BCUT2D eigenvalue weighted by molar-refractivity contribution is -0.118. The van der Waals surface area contributed by atoms with Crippen molar-refractivity contribution in [3.8, 4) is 5.75 Å². The first-order chi connectivity index (χ1) is 18.0. The van der Waals surface area contributed by atoms with Crippen molar-refractivity contribution < 1.29 is 31.9 Å². The number of alkyl halides is 4. The highest BCUT2D eigenvalue weighted by Crippen LogP contribution is 2.33. The minimum Gasteiger partial charge on any atom is -0.435 e. The smallest absolute Gasteiger partial charge is 0.387 e. The molecule has 1 fully saturated rings. The van der Waals surface area contributed by atoms with Gasteiger partial charge < -0.3 is 19.5 Å². The zero-order chi connectivity index (χ0) is 27.6. The van der Waals surface area contributed by atoms with Crippen molar-refractivity contribution in [3.63, 3.8) is 0 Å². The van der Waals surface area contributed by atoms with Crippen molar-refractivity contribution in [3.05, 3.63) is 92.9 Å². The van der Waals surface area contributed by atoms with Crippen LogP contribution in [0, 0.1) is 6.92 Å². The Morgan fingerprint density at radius 1 is 1.05 bits per heavy atom. The lowest BCUT2D eigenvalue weighted by Gasteiger charge is -2.20. The Morgan fingerprint density at radius 3 is 2.32 bits per heavy atom. The third-order valence-electron chi connectivity index (χ3n) is 6.19. The molecule has 4 rings (SSSR count). The molecule has 2 amide bonds. The molecule has 1 N–H and O–H groups in total. The first kappa shape index (κ1) is 27.2. The molecule has 0 radical (unpaired) electrons. The van der Waals surface area contributed by atoms with Crippen LogP contribution in [0.2, 0.25) is 5.02 Å². The standard InChI is InChI=1S/C26H22ClF4N3O4/c1-14-10-11-33(13-20(28)29)25(37)22(14)34-12-19(15-2-6-17(27)7-3-15)21(24(34)36)32-23(35)16-4-8-18(9-5-16)38-26(30)31/h2-11,19-21,26H,12-13H2,1H3,(H,32,35)/t19-,21-/m0/s1. The van der Waals surface area contributed by atoms with E-state index in [9.17, 15) is 31.9 Å². The Bertz CT molecular complexity index is 1380. The van der Waals surface area contributed by atoms with E-state index in [1.165, 1.54) is 41.4 Å². The maximum atomic E-state index is 13.6. The second-order valence-corrected chi connectivity index (χ2v) is 9.09. The highest BCUT2D eigenvalue weighted by Gasteiger charge is 2.44. The topological polar surface area (TPSA) is 80.6 Å². The number of aryl methyl sites for hydroxylation is 1. The number of halogens is 5. The summed E-state index contributed by atoms with van der Waals surface area (Å²) >= 11 is 6.01. The third-order valence-corrected chi connectivity index (χ3v) is 6.44. The predicted octanol–water partition coefficient (Wildman–Crippen LogP) is 4.61. The number of hydrogen-bond acceptors (Lipinski definition) is 4. The minimum atomic E-state index is -3.02. The molecule has 1 aromatic heterocycles. The highest BCUT2D eigenvalue weighted by molar-refractivity contribution is 6.30. The quantitative estimate of drug-likeness (QED) is 0.415. The molecular weight excluding hydrogens is 530 g/mol. The van der Waals surface area contributed by atoms with Crippen LogP contribution in [-0.4, -0.2) is 42.0 Å². The Hall–Kier alpha value is -3.86. The summed E-state index contributed by atoms with van der Waals surface area (Å²) in [5.41, 5.74) is 0.336. The molecule has 0 aliphatic carbocycles. The van der Waals surface area contributed by atoms with Crippen LogP contribution in [0.5, 0.6) is 5.75 Å². The van der Waals surface area contributed by atoms with Gasteiger partial charge in [-0.15, -0.1) is 0 Å². The molecule has 0 spiro atoms. The van der Waals surface area contributed by atoms with Crippen molar-refractivity contribution in [1.82, 2.24) is 9.88 Å². The lowest BCUT2D eigenvalue weighted by Crippen LogP contribution is -2.44. The SMILES string of the molecule is Cc1ccn(CC(F)F)c(=O)c1N1C[C@@H](c2ccc(Cl)cc2)[C@H](NC(=O)c2ccc(OC(F)F)cc2)C1=O. The van der Waals surface area contributed by atoms with Gasteiger partial charge in [0, 0.05) is 29.2 Å². The van der Waals surface area contributed by atoms with Crippen molar-refractivity contribution in [2.75, 3.05) is 11.4 Å². The molecular formula is C26H22ClF4N3O4. The summed E-state index contributed by atoms with van der Waals surface area (Å²) in [4.78, 5) is 40.9. The summed E-state index contributed by atoms with van der Waals surface area (Å²) in [6.45, 7) is -2.28. The molecule has 2 heterocycles. The average molecular weight is 552 g/mol. The number of nitrogens with one attached hydrogen (secondary N) is 1. The number of hydrogen-bond donors (Lipinski definition) is 1. The first-order valence-corrected chi connectivity index (χ1v) is 11.8. The molecule has 1 aliphatic heterocycles. The number of ether oxygens (including phenoxy) is 1. The molecule has 0 saturated carbocycles. The summed E-state index contributed by atoms with van der Waals surface area (Å²) in [6.07, 6.45) is -1.53. The van der Waals surface area contributed by atoms with Gasteiger partial charge in [-0.25, -0.2) is 8.78 Å². The second-order valence-electron chi connectivity index (χ2n) is 8.66. The van der Waals surface area contributed by atoms with Crippen LogP contribution in [0.3, 0.4) is 0 Å². The molecule has 38 heavy (non-hydrogen) atoms. The molecule has 3 aromatic rings. The van der Waals surface area contributed by atoms with Crippen molar-refractivity contribution >= 4 is 29.1 Å². The maximum absolute atomic E-state index is 13.6. The van der Waals surface area contributed by atoms with Crippen LogP contribution >= 0.6 is 11.6 Å². The maximum Gasteiger partial charge on any atom is 0.387 e. The number of carbonyl (C=O) groups excluding carboxylic acids is 2. The Kier molecular flexibility index (Phi) is 8.05. The van der Waals surface area contributed by atoms with Crippen molar-refractivity contribution in [1.29, 1.82) is 0 Å². The summed E-state index contributed by atoms with van der Waals surface area (Å²) in [6, 6.07) is 11.9. The van der Waals surface area contributed by atoms with E-state index >= 15 is 0 Å². The number of rotatable bonds is 8. The molecule has 12 heteroatoms. The van der Waals surface area contributed by atoms with Gasteiger partial charge in [-0.05, 0) is 60.5 Å². The van der Waals surface area contributed by atoms with Crippen LogP contribution < -0.4 is 20.5 Å². The van der Waals surface area contributed by atoms with Crippen molar-refractivity contribution in [2.45, 2.75) is 38.5 Å². The number of amides is 2. The highest BCUT2D eigenvalue weighted by atomic mass is 35.5. The monoisotopic (exact) mass is 551 g/mol. The molecule has 1 saturated heterocycles. The fourth-order valence-electron chi connectivity index (χ4n) is 4.39. The predicted molar refractivity (Wildman–Crippen MR) is 132 cm³/mol. The molecule has 2 atom stereocenters.